The van der Waals surface area contributed by atoms with Crippen molar-refractivity contribution in [2.45, 2.75) is 6.92 Å². The van der Waals surface area contributed by atoms with Crippen molar-refractivity contribution in [3.05, 3.63) is 30.0 Å². The quantitative estimate of drug-likeness (QED) is 0.679. The Balaban J connectivity index is 2.56. The van der Waals surface area contributed by atoms with Gasteiger partial charge in [0.15, 0.2) is 0 Å². The molecule has 5 N–H and O–H groups in total. The molecule has 0 atom stereocenters. The summed E-state index contributed by atoms with van der Waals surface area (Å²) >= 11 is 0. The number of nitrogen functional groups attached to an aromatic ring is 1. The van der Waals surface area contributed by atoms with Gasteiger partial charge in [-0.05, 0) is 18.6 Å². The molecule has 0 spiro atoms. The summed E-state index contributed by atoms with van der Waals surface area (Å²) in [6.45, 7) is 3.29. The highest BCUT2D eigenvalue weighted by atomic mass is 15.0. The maximum absolute atomic E-state index is 6.04. The predicted molar refractivity (Wildman–Crippen MR) is 68.4 cm³/mol. The summed E-state index contributed by atoms with van der Waals surface area (Å²) < 4.78 is 0. The highest BCUT2D eigenvalue weighted by Crippen LogP contribution is 2.28. The molecule has 0 fully saturated rings. The average molecular weight is 216 g/mol. The van der Waals surface area contributed by atoms with Crippen molar-refractivity contribution in [2.24, 2.45) is 5.73 Å². The maximum atomic E-state index is 6.04. The number of aryl methyl sites for hydroxylation is 1. The standard InChI is InChI=1S/C12H16N4/c1-8-2-3-10-9(11(8)14)4-6-15-12(10)16-7-5-13/h2-4,6H,5,7,13-14H2,1H3,(H,15,16). The number of anilines is 2. The Labute approximate surface area is 94.7 Å². The number of pyridine rings is 1. The molecule has 1 aromatic carbocycles. The van der Waals surface area contributed by atoms with Crippen molar-refractivity contribution >= 4 is 22.3 Å². The van der Waals surface area contributed by atoms with E-state index in [1.807, 2.05) is 25.1 Å². The van der Waals surface area contributed by atoms with Crippen LogP contribution in [0.25, 0.3) is 10.8 Å². The van der Waals surface area contributed by atoms with Gasteiger partial charge < -0.3 is 16.8 Å². The van der Waals surface area contributed by atoms with E-state index in [0.717, 1.165) is 27.8 Å². The Hall–Kier alpha value is -1.81. The van der Waals surface area contributed by atoms with Gasteiger partial charge in [0.2, 0.25) is 0 Å². The van der Waals surface area contributed by atoms with Crippen molar-refractivity contribution in [1.29, 1.82) is 0 Å². The zero-order valence-corrected chi connectivity index (χ0v) is 9.33. The lowest BCUT2D eigenvalue weighted by atomic mass is 10.1. The van der Waals surface area contributed by atoms with Crippen LogP contribution in [0, 0.1) is 6.92 Å². The molecule has 0 aliphatic carbocycles. The number of rotatable bonds is 3. The summed E-state index contributed by atoms with van der Waals surface area (Å²) in [7, 11) is 0. The van der Waals surface area contributed by atoms with E-state index in [2.05, 4.69) is 10.3 Å². The molecule has 0 aliphatic rings. The van der Waals surface area contributed by atoms with Gasteiger partial charge in [-0.3, -0.25) is 0 Å². The van der Waals surface area contributed by atoms with Crippen LogP contribution in [0.5, 0.6) is 0 Å². The fourth-order valence-corrected chi connectivity index (χ4v) is 1.72. The zero-order valence-electron chi connectivity index (χ0n) is 9.33. The first-order valence-corrected chi connectivity index (χ1v) is 5.31. The molecule has 4 nitrogen and oxygen atoms in total. The Morgan fingerprint density at radius 2 is 2.06 bits per heavy atom. The minimum absolute atomic E-state index is 0.583. The molecule has 2 rings (SSSR count). The van der Waals surface area contributed by atoms with Gasteiger partial charge in [-0.25, -0.2) is 4.98 Å². The lowest BCUT2D eigenvalue weighted by molar-refractivity contribution is 1.01. The van der Waals surface area contributed by atoms with Crippen LogP contribution in [0.2, 0.25) is 0 Å². The van der Waals surface area contributed by atoms with Gasteiger partial charge in [0.25, 0.3) is 0 Å². The Morgan fingerprint density at radius 3 is 2.81 bits per heavy atom. The molecule has 2 aromatic rings. The molecule has 0 saturated carbocycles. The number of fused-ring (bicyclic) bond motifs is 1. The van der Waals surface area contributed by atoms with Gasteiger partial charge in [0, 0.05) is 35.7 Å². The monoisotopic (exact) mass is 216 g/mol. The first-order chi connectivity index (χ1) is 7.74. The van der Waals surface area contributed by atoms with Gasteiger partial charge in [-0.2, -0.15) is 0 Å². The van der Waals surface area contributed by atoms with E-state index in [4.69, 9.17) is 11.5 Å². The third kappa shape index (κ3) is 1.79. The fraction of sp³-hybridized carbons (Fsp3) is 0.250. The molecule has 16 heavy (non-hydrogen) atoms. The van der Waals surface area contributed by atoms with E-state index >= 15 is 0 Å². The molecular weight excluding hydrogens is 200 g/mol. The second kappa shape index (κ2) is 4.37. The van der Waals surface area contributed by atoms with E-state index in [0.29, 0.717) is 13.1 Å². The Bertz CT molecular complexity index is 508. The molecule has 1 aromatic heterocycles. The average Bonchev–Trinajstić information content (AvgIpc) is 2.31. The van der Waals surface area contributed by atoms with Crippen LogP contribution in [-0.4, -0.2) is 18.1 Å². The van der Waals surface area contributed by atoms with Gasteiger partial charge in [-0.15, -0.1) is 0 Å². The summed E-state index contributed by atoms with van der Waals surface area (Å²) in [4.78, 5) is 4.29. The normalized spacial score (nSPS) is 10.6. The zero-order chi connectivity index (χ0) is 11.5. The number of benzene rings is 1. The lowest BCUT2D eigenvalue weighted by Gasteiger charge is -2.10. The number of aromatic nitrogens is 1. The molecule has 4 heteroatoms. The highest BCUT2D eigenvalue weighted by molar-refractivity contribution is 6.00. The smallest absolute Gasteiger partial charge is 0.133 e. The van der Waals surface area contributed by atoms with Crippen molar-refractivity contribution in [3.8, 4) is 0 Å². The van der Waals surface area contributed by atoms with Crippen LogP contribution in [0.1, 0.15) is 5.56 Å². The van der Waals surface area contributed by atoms with Gasteiger partial charge in [0.05, 0.1) is 0 Å². The van der Waals surface area contributed by atoms with E-state index < -0.39 is 0 Å². The fourth-order valence-electron chi connectivity index (χ4n) is 1.72. The summed E-state index contributed by atoms with van der Waals surface area (Å²) in [6.07, 6.45) is 1.76. The van der Waals surface area contributed by atoms with E-state index in [1.54, 1.807) is 6.20 Å². The van der Waals surface area contributed by atoms with Crippen molar-refractivity contribution in [3.63, 3.8) is 0 Å². The minimum atomic E-state index is 0.583. The summed E-state index contributed by atoms with van der Waals surface area (Å²) in [5.41, 5.74) is 13.4. The summed E-state index contributed by atoms with van der Waals surface area (Å²) in [5.74, 6) is 0.842. The molecule has 0 radical (unpaired) electrons. The largest absolute Gasteiger partial charge is 0.398 e. The SMILES string of the molecule is Cc1ccc2c(NCCN)nccc2c1N. The van der Waals surface area contributed by atoms with Gasteiger partial charge in [-0.1, -0.05) is 12.1 Å². The molecule has 84 valence electrons. The van der Waals surface area contributed by atoms with Crippen molar-refractivity contribution < 1.29 is 0 Å². The Morgan fingerprint density at radius 1 is 1.25 bits per heavy atom. The Kier molecular flexibility index (Phi) is 2.92. The second-order valence-corrected chi connectivity index (χ2v) is 3.77. The second-order valence-electron chi connectivity index (χ2n) is 3.77. The first-order valence-electron chi connectivity index (χ1n) is 5.31. The highest BCUT2D eigenvalue weighted by Gasteiger charge is 2.05. The molecule has 1 heterocycles. The molecule has 0 bridgehead atoms. The number of nitrogens with one attached hydrogen (secondary N) is 1. The van der Waals surface area contributed by atoms with E-state index in [-0.39, 0.29) is 0 Å². The minimum Gasteiger partial charge on any atom is -0.398 e. The van der Waals surface area contributed by atoms with Gasteiger partial charge in [0.1, 0.15) is 5.82 Å². The van der Waals surface area contributed by atoms with Crippen LogP contribution in [0.4, 0.5) is 11.5 Å². The molecule has 0 amide bonds. The number of hydrogen-bond acceptors (Lipinski definition) is 4. The molecule has 0 aliphatic heterocycles. The number of hydrogen-bond donors (Lipinski definition) is 3. The lowest BCUT2D eigenvalue weighted by Crippen LogP contribution is -2.14. The summed E-state index contributed by atoms with van der Waals surface area (Å²) in [5, 5.41) is 5.27. The first kappa shape index (κ1) is 10.7. The van der Waals surface area contributed by atoms with Crippen LogP contribution in [0.3, 0.4) is 0 Å². The third-order valence-corrected chi connectivity index (χ3v) is 2.64. The topological polar surface area (TPSA) is 77.0 Å². The number of nitrogens with zero attached hydrogens (tertiary/aromatic N) is 1. The van der Waals surface area contributed by atoms with Crippen LogP contribution in [-0.2, 0) is 0 Å². The van der Waals surface area contributed by atoms with Crippen LogP contribution < -0.4 is 16.8 Å². The molecular formula is C12H16N4. The van der Waals surface area contributed by atoms with Crippen molar-refractivity contribution in [1.82, 2.24) is 4.98 Å². The third-order valence-electron chi connectivity index (χ3n) is 2.64. The van der Waals surface area contributed by atoms with Gasteiger partial charge >= 0.3 is 0 Å². The summed E-state index contributed by atoms with van der Waals surface area (Å²) in [6, 6.07) is 5.98. The van der Waals surface area contributed by atoms with E-state index in [1.165, 1.54) is 0 Å². The van der Waals surface area contributed by atoms with Crippen molar-refractivity contribution in [2.75, 3.05) is 24.1 Å². The molecule has 0 unspecified atom stereocenters. The maximum Gasteiger partial charge on any atom is 0.133 e. The molecule has 0 saturated heterocycles. The predicted octanol–water partition coefficient (Wildman–Crippen LogP) is 1.50. The number of nitrogens with two attached hydrogens (primary N) is 2. The van der Waals surface area contributed by atoms with Crippen LogP contribution in [0.15, 0.2) is 24.4 Å². The van der Waals surface area contributed by atoms with E-state index in [9.17, 15) is 0 Å². The van der Waals surface area contributed by atoms with Crippen LogP contribution >= 0.6 is 0 Å².